The molecule has 0 spiro atoms. The van der Waals surface area contributed by atoms with Gasteiger partial charge >= 0.3 is 0 Å². The van der Waals surface area contributed by atoms with Crippen molar-refractivity contribution in [3.05, 3.63) is 51.8 Å². The molecule has 0 saturated heterocycles. The van der Waals surface area contributed by atoms with Crippen LogP contribution in [-0.4, -0.2) is 13.0 Å². The summed E-state index contributed by atoms with van der Waals surface area (Å²) in [5.74, 6) is -0.918. The van der Waals surface area contributed by atoms with Crippen molar-refractivity contribution in [3.8, 4) is 0 Å². The van der Waals surface area contributed by atoms with Crippen LogP contribution in [0.25, 0.3) is 10.2 Å². The topological polar surface area (TPSA) is 78.5 Å². The summed E-state index contributed by atoms with van der Waals surface area (Å²) in [4.78, 5) is 17.0. The Balaban J connectivity index is 2.03. The number of benzene rings is 1. The number of halogens is 1. The van der Waals surface area contributed by atoms with Crippen LogP contribution in [0.15, 0.2) is 24.3 Å². The van der Waals surface area contributed by atoms with Gasteiger partial charge in [-0.05, 0) is 24.6 Å². The van der Waals surface area contributed by atoms with Crippen LogP contribution in [0.3, 0.4) is 0 Å². The average molecular weight is 360 g/mol. The molecule has 1 aromatic carbocycles. The number of amides is 1. The quantitative estimate of drug-likeness (QED) is 0.748. The van der Waals surface area contributed by atoms with Crippen molar-refractivity contribution in [3.63, 3.8) is 0 Å². The Labute approximate surface area is 148 Å². The molecule has 3 rings (SSSR count). The van der Waals surface area contributed by atoms with E-state index in [2.05, 4.69) is 10.3 Å². The number of nitrogens with one attached hydrogen (secondary N) is 2. The number of carbonyl (C=O) groups excluding carboxylic acids is 1. The third kappa shape index (κ3) is 3.33. The van der Waals surface area contributed by atoms with Crippen LogP contribution >= 0.6 is 11.3 Å². The number of anilines is 2. The predicted octanol–water partition coefficient (Wildman–Crippen LogP) is 3.45. The molecule has 0 aliphatic rings. The van der Waals surface area contributed by atoms with E-state index in [1.807, 2.05) is 19.9 Å². The molecule has 130 valence electrons. The highest BCUT2D eigenvalue weighted by atomic mass is 32.1. The average Bonchev–Trinajstić information content (AvgIpc) is 2.88. The molecule has 0 atom stereocenters. The largest absolute Gasteiger partial charge is 0.397 e. The fourth-order valence-electron chi connectivity index (χ4n) is 2.75. The number of aryl methyl sites for hydroxylation is 2. The number of hydrogen-bond acceptors (Lipinski definition) is 4. The third-order valence-electron chi connectivity index (χ3n) is 3.84. The van der Waals surface area contributed by atoms with Gasteiger partial charge in [0, 0.05) is 25.7 Å². The van der Waals surface area contributed by atoms with E-state index in [-0.39, 0.29) is 5.69 Å². The Morgan fingerprint density at radius 1 is 1.36 bits per heavy atom. The highest BCUT2D eigenvalue weighted by Gasteiger charge is 2.24. The van der Waals surface area contributed by atoms with Gasteiger partial charge in [0.2, 0.25) is 0 Å². The van der Waals surface area contributed by atoms with E-state index in [0.29, 0.717) is 17.2 Å². The molecule has 0 bridgehead atoms. The second-order valence-corrected chi connectivity index (χ2v) is 6.92. The van der Waals surface area contributed by atoms with E-state index in [1.165, 1.54) is 17.4 Å². The highest BCUT2D eigenvalue weighted by molar-refractivity contribution is 7.20. The number of ether oxygens (including phenoxy) is 1. The number of fused-ring (bicyclic) bond motifs is 1. The normalized spacial score (nSPS) is 11.0. The maximum atomic E-state index is 13.9. The summed E-state index contributed by atoms with van der Waals surface area (Å²) in [6.07, 6.45) is 0. The molecule has 2 aromatic heterocycles. The van der Waals surface area contributed by atoms with E-state index in [0.717, 1.165) is 27.0 Å². The minimum Gasteiger partial charge on any atom is -0.397 e. The number of rotatable bonds is 4. The maximum Gasteiger partial charge on any atom is 0.270 e. The van der Waals surface area contributed by atoms with Crippen LogP contribution in [0, 0.1) is 19.7 Å². The monoisotopic (exact) mass is 360 g/mol. The van der Waals surface area contributed by atoms with Gasteiger partial charge in [-0.2, -0.15) is 4.98 Å². The zero-order valence-electron chi connectivity index (χ0n) is 14.2. The van der Waals surface area contributed by atoms with Gasteiger partial charge in [0.05, 0.1) is 23.4 Å². The second kappa shape index (κ2) is 6.78. The number of aromatic amines is 1. The van der Waals surface area contributed by atoms with Gasteiger partial charge in [0.25, 0.3) is 10.7 Å². The Morgan fingerprint density at radius 3 is 2.84 bits per heavy atom. The molecule has 0 aliphatic heterocycles. The molecular formula is C18H19FN3O2S+. The predicted molar refractivity (Wildman–Crippen MR) is 97.3 cm³/mol. The molecule has 3 aromatic rings. The molecule has 0 aliphatic carbocycles. The molecule has 4 N–H and O–H groups in total. The Hall–Kier alpha value is -2.51. The molecule has 1 amide bonds. The lowest BCUT2D eigenvalue weighted by Crippen LogP contribution is -2.13. The number of nitrogen functional groups attached to an aromatic ring is 1. The fraction of sp³-hybridized carbons (Fsp3) is 0.222. The van der Waals surface area contributed by atoms with Crippen LogP contribution in [-0.2, 0) is 11.3 Å². The summed E-state index contributed by atoms with van der Waals surface area (Å²) in [6, 6.07) is 6.50. The van der Waals surface area contributed by atoms with E-state index < -0.39 is 11.7 Å². The van der Waals surface area contributed by atoms with Crippen molar-refractivity contribution < 1.29 is 18.9 Å². The summed E-state index contributed by atoms with van der Waals surface area (Å²) < 4.78 is 19.1. The van der Waals surface area contributed by atoms with E-state index in [9.17, 15) is 9.18 Å². The zero-order chi connectivity index (χ0) is 18.1. The molecule has 0 radical (unpaired) electrons. The highest BCUT2D eigenvalue weighted by Crippen LogP contribution is 2.34. The maximum absolute atomic E-state index is 13.9. The third-order valence-corrected chi connectivity index (χ3v) is 4.96. The SMILES string of the molecule is COCc1cc(C)[nH+]c2sc(C(=O)Nc3cc(C)ccc3F)c(N)c12. The first-order valence-corrected chi connectivity index (χ1v) is 8.52. The number of hydrogen-bond donors (Lipinski definition) is 2. The molecular weight excluding hydrogens is 341 g/mol. The van der Waals surface area contributed by atoms with Crippen LogP contribution in [0.4, 0.5) is 15.8 Å². The van der Waals surface area contributed by atoms with Gasteiger partial charge in [-0.15, -0.1) is 0 Å². The van der Waals surface area contributed by atoms with Gasteiger partial charge in [-0.3, -0.25) is 4.79 Å². The molecule has 2 heterocycles. The number of H-pyrrole nitrogens is 1. The Kier molecular flexibility index (Phi) is 4.69. The number of carbonyl (C=O) groups is 1. The van der Waals surface area contributed by atoms with Crippen LogP contribution in [0.2, 0.25) is 0 Å². The summed E-state index contributed by atoms with van der Waals surface area (Å²) in [7, 11) is 1.61. The molecule has 0 fully saturated rings. The number of nitrogens with two attached hydrogens (primary N) is 1. The van der Waals surface area contributed by atoms with Gasteiger partial charge in [0.15, 0.2) is 5.69 Å². The van der Waals surface area contributed by atoms with Crippen LogP contribution in [0.1, 0.15) is 26.5 Å². The molecule has 25 heavy (non-hydrogen) atoms. The Morgan fingerprint density at radius 2 is 2.12 bits per heavy atom. The summed E-state index contributed by atoms with van der Waals surface area (Å²) >= 11 is 1.24. The Bertz CT molecular complexity index is 969. The standard InChI is InChI=1S/C18H18FN3O2S/c1-9-4-5-12(19)13(6-9)22-17(23)16-15(20)14-11(8-24-3)7-10(2)21-18(14)25-16/h4-7H,8,20H2,1-3H3,(H,22,23)/p+1. The number of pyridine rings is 1. The fourth-order valence-corrected chi connectivity index (χ4v) is 3.87. The van der Waals surface area contributed by atoms with Crippen molar-refractivity contribution in [1.82, 2.24) is 0 Å². The first-order valence-electron chi connectivity index (χ1n) is 7.71. The van der Waals surface area contributed by atoms with Crippen LogP contribution in [0.5, 0.6) is 0 Å². The van der Waals surface area contributed by atoms with Gasteiger partial charge in [0.1, 0.15) is 10.7 Å². The zero-order valence-corrected chi connectivity index (χ0v) is 15.0. The summed E-state index contributed by atoms with van der Waals surface area (Å²) in [5.41, 5.74) is 9.43. The van der Waals surface area contributed by atoms with Gasteiger partial charge in [-0.25, -0.2) is 4.39 Å². The summed E-state index contributed by atoms with van der Waals surface area (Å²) in [6.45, 7) is 4.15. The lowest BCUT2D eigenvalue weighted by Gasteiger charge is -2.07. The first kappa shape index (κ1) is 17.3. The van der Waals surface area contributed by atoms with Crippen molar-refractivity contribution in [2.75, 3.05) is 18.2 Å². The number of aromatic nitrogens is 1. The van der Waals surface area contributed by atoms with Crippen molar-refractivity contribution >= 4 is 38.8 Å². The number of thiophene rings is 1. The number of methoxy groups -OCH3 is 1. The lowest BCUT2D eigenvalue weighted by atomic mass is 10.1. The van der Waals surface area contributed by atoms with E-state index >= 15 is 0 Å². The minimum absolute atomic E-state index is 0.138. The van der Waals surface area contributed by atoms with E-state index in [4.69, 9.17) is 10.5 Å². The first-order chi connectivity index (χ1) is 11.9. The smallest absolute Gasteiger partial charge is 0.270 e. The second-order valence-electron chi connectivity index (χ2n) is 5.90. The van der Waals surface area contributed by atoms with Gasteiger partial charge < -0.3 is 15.8 Å². The van der Waals surface area contributed by atoms with Crippen LogP contribution < -0.4 is 16.0 Å². The minimum atomic E-state index is -0.485. The molecule has 0 unspecified atom stereocenters. The van der Waals surface area contributed by atoms with Gasteiger partial charge in [-0.1, -0.05) is 17.4 Å². The molecule has 5 nitrogen and oxygen atoms in total. The van der Waals surface area contributed by atoms with Crippen molar-refractivity contribution in [1.29, 1.82) is 0 Å². The van der Waals surface area contributed by atoms with Crippen molar-refractivity contribution in [2.24, 2.45) is 0 Å². The lowest BCUT2D eigenvalue weighted by molar-refractivity contribution is -0.351. The van der Waals surface area contributed by atoms with Crippen molar-refractivity contribution in [2.45, 2.75) is 20.5 Å². The molecule has 0 saturated carbocycles. The summed E-state index contributed by atoms with van der Waals surface area (Å²) in [5, 5.41) is 3.38. The molecule has 7 heteroatoms. The van der Waals surface area contributed by atoms with E-state index in [1.54, 1.807) is 19.2 Å².